The van der Waals surface area contributed by atoms with Gasteiger partial charge < -0.3 is 11.1 Å². The van der Waals surface area contributed by atoms with Crippen molar-refractivity contribution in [3.8, 4) is 0 Å². The predicted molar refractivity (Wildman–Crippen MR) is 73.1 cm³/mol. The van der Waals surface area contributed by atoms with Crippen molar-refractivity contribution in [2.75, 3.05) is 11.1 Å². The third-order valence-corrected chi connectivity index (χ3v) is 2.77. The first kappa shape index (κ1) is 12.7. The summed E-state index contributed by atoms with van der Waals surface area (Å²) in [6.07, 6.45) is 1.46. The number of halogens is 2. The summed E-state index contributed by atoms with van der Waals surface area (Å²) in [5.41, 5.74) is 6.92. The van der Waals surface area contributed by atoms with Crippen molar-refractivity contribution in [1.29, 1.82) is 0 Å². The third-order valence-electron chi connectivity index (χ3n) is 2.22. The molecule has 0 aliphatic heterocycles. The molecule has 0 saturated carbocycles. The molecular formula is C12H9Cl2N3O. The Hall–Kier alpha value is -1.78. The minimum absolute atomic E-state index is 0.312. The van der Waals surface area contributed by atoms with Crippen LogP contribution in [-0.4, -0.2) is 10.9 Å². The van der Waals surface area contributed by atoms with Crippen LogP contribution in [0.15, 0.2) is 36.5 Å². The maximum atomic E-state index is 12.0. The lowest BCUT2D eigenvalue weighted by molar-refractivity contribution is 0.102. The first-order valence-electron chi connectivity index (χ1n) is 5.04. The number of carbonyl (C=O) groups is 1. The second-order valence-electron chi connectivity index (χ2n) is 3.56. The summed E-state index contributed by atoms with van der Waals surface area (Å²) in [5, 5.41) is 3.35. The number of nitrogen functional groups attached to an aromatic ring is 1. The standard InChI is InChI=1S/C12H9Cl2N3O/c13-10-3-1-7(15)5-9(10)12(18)17-8-2-4-11(14)16-6-8/h1-6H,15H2,(H,17,18). The first-order chi connectivity index (χ1) is 8.56. The molecular weight excluding hydrogens is 273 g/mol. The Morgan fingerprint density at radius 2 is 2.00 bits per heavy atom. The lowest BCUT2D eigenvalue weighted by Crippen LogP contribution is -2.13. The number of anilines is 2. The molecule has 0 spiro atoms. The second-order valence-corrected chi connectivity index (χ2v) is 4.36. The van der Waals surface area contributed by atoms with Gasteiger partial charge in [-0.2, -0.15) is 0 Å². The number of hydrogen-bond donors (Lipinski definition) is 2. The van der Waals surface area contributed by atoms with Crippen LogP contribution in [0.1, 0.15) is 10.4 Å². The fraction of sp³-hybridized carbons (Fsp3) is 0. The van der Waals surface area contributed by atoms with E-state index >= 15 is 0 Å². The van der Waals surface area contributed by atoms with Gasteiger partial charge in [0.15, 0.2) is 0 Å². The smallest absolute Gasteiger partial charge is 0.257 e. The molecule has 0 radical (unpaired) electrons. The molecule has 2 aromatic rings. The van der Waals surface area contributed by atoms with E-state index in [1.54, 1.807) is 24.3 Å². The Morgan fingerprint density at radius 1 is 1.22 bits per heavy atom. The highest BCUT2D eigenvalue weighted by Crippen LogP contribution is 2.20. The number of hydrogen-bond acceptors (Lipinski definition) is 3. The van der Waals surface area contributed by atoms with Gasteiger partial charge in [-0.25, -0.2) is 4.98 Å². The monoisotopic (exact) mass is 281 g/mol. The van der Waals surface area contributed by atoms with Gasteiger partial charge in [0.1, 0.15) is 5.15 Å². The van der Waals surface area contributed by atoms with Crippen LogP contribution in [0.2, 0.25) is 10.2 Å². The van der Waals surface area contributed by atoms with Crippen LogP contribution in [0.25, 0.3) is 0 Å². The Labute approximate surface area is 114 Å². The number of rotatable bonds is 2. The normalized spacial score (nSPS) is 10.1. The molecule has 0 unspecified atom stereocenters. The van der Waals surface area contributed by atoms with Crippen LogP contribution < -0.4 is 11.1 Å². The van der Waals surface area contributed by atoms with Crippen molar-refractivity contribution in [2.45, 2.75) is 0 Å². The van der Waals surface area contributed by atoms with Crippen molar-refractivity contribution in [1.82, 2.24) is 4.98 Å². The van der Waals surface area contributed by atoms with E-state index in [9.17, 15) is 4.79 Å². The fourth-order valence-corrected chi connectivity index (χ4v) is 1.68. The molecule has 0 saturated heterocycles. The van der Waals surface area contributed by atoms with E-state index in [1.165, 1.54) is 12.3 Å². The Bertz CT molecular complexity index is 584. The zero-order valence-corrected chi connectivity index (χ0v) is 10.7. The molecule has 0 aliphatic rings. The SMILES string of the molecule is Nc1ccc(Cl)c(C(=O)Nc2ccc(Cl)nc2)c1. The Morgan fingerprint density at radius 3 is 2.67 bits per heavy atom. The predicted octanol–water partition coefficient (Wildman–Crippen LogP) is 3.22. The van der Waals surface area contributed by atoms with Gasteiger partial charge in [0.05, 0.1) is 22.5 Å². The molecule has 1 heterocycles. The summed E-state index contributed by atoms with van der Waals surface area (Å²) in [7, 11) is 0. The number of amides is 1. The average Bonchev–Trinajstić information content (AvgIpc) is 2.35. The molecule has 18 heavy (non-hydrogen) atoms. The number of nitrogens with zero attached hydrogens (tertiary/aromatic N) is 1. The van der Waals surface area contributed by atoms with Gasteiger partial charge in [-0.15, -0.1) is 0 Å². The van der Waals surface area contributed by atoms with E-state index in [4.69, 9.17) is 28.9 Å². The zero-order valence-electron chi connectivity index (χ0n) is 9.15. The summed E-state index contributed by atoms with van der Waals surface area (Å²) >= 11 is 11.6. The van der Waals surface area contributed by atoms with E-state index < -0.39 is 0 Å². The summed E-state index contributed by atoms with van der Waals surface area (Å²) in [4.78, 5) is 15.8. The highest BCUT2D eigenvalue weighted by Gasteiger charge is 2.11. The number of benzene rings is 1. The zero-order chi connectivity index (χ0) is 13.1. The van der Waals surface area contributed by atoms with E-state index in [1.807, 2.05) is 0 Å². The number of carbonyl (C=O) groups excluding carboxylic acids is 1. The summed E-state index contributed by atoms with van der Waals surface area (Å²) in [6.45, 7) is 0. The van der Waals surface area contributed by atoms with Gasteiger partial charge in [-0.3, -0.25) is 4.79 Å². The van der Waals surface area contributed by atoms with Gasteiger partial charge in [-0.05, 0) is 30.3 Å². The average molecular weight is 282 g/mol. The largest absolute Gasteiger partial charge is 0.399 e. The molecule has 92 valence electrons. The minimum Gasteiger partial charge on any atom is -0.399 e. The molecule has 4 nitrogen and oxygen atoms in total. The van der Waals surface area contributed by atoms with Gasteiger partial charge >= 0.3 is 0 Å². The van der Waals surface area contributed by atoms with Crippen molar-refractivity contribution in [3.05, 3.63) is 52.3 Å². The number of nitrogens with two attached hydrogens (primary N) is 1. The van der Waals surface area contributed by atoms with Gasteiger partial charge in [0, 0.05) is 5.69 Å². The Balaban J connectivity index is 2.21. The van der Waals surface area contributed by atoms with Crippen molar-refractivity contribution in [3.63, 3.8) is 0 Å². The number of nitrogens with one attached hydrogen (secondary N) is 1. The highest BCUT2D eigenvalue weighted by atomic mass is 35.5. The van der Waals surface area contributed by atoms with E-state index in [0.717, 1.165) is 0 Å². The lowest BCUT2D eigenvalue weighted by Gasteiger charge is -2.07. The molecule has 1 aromatic carbocycles. The maximum absolute atomic E-state index is 12.0. The fourth-order valence-electron chi connectivity index (χ4n) is 1.37. The number of pyridine rings is 1. The van der Waals surface area contributed by atoms with Crippen LogP contribution in [0, 0.1) is 0 Å². The quantitative estimate of drug-likeness (QED) is 0.656. The van der Waals surface area contributed by atoms with Gasteiger partial charge in [0.2, 0.25) is 0 Å². The van der Waals surface area contributed by atoms with E-state index in [0.29, 0.717) is 27.1 Å². The molecule has 1 amide bonds. The molecule has 3 N–H and O–H groups in total. The highest BCUT2D eigenvalue weighted by molar-refractivity contribution is 6.34. The molecule has 6 heteroatoms. The summed E-state index contributed by atoms with van der Waals surface area (Å²) < 4.78 is 0. The van der Waals surface area contributed by atoms with Crippen LogP contribution in [0.5, 0.6) is 0 Å². The minimum atomic E-state index is -0.351. The van der Waals surface area contributed by atoms with Crippen LogP contribution in [-0.2, 0) is 0 Å². The van der Waals surface area contributed by atoms with Crippen molar-refractivity contribution < 1.29 is 4.79 Å². The van der Waals surface area contributed by atoms with Crippen molar-refractivity contribution >= 4 is 40.5 Å². The number of aromatic nitrogens is 1. The topological polar surface area (TPSA) is 68.0 Å². The van der Waals surface area contributed by atoms with Crippen LogP contribution >= 0.6 is 23.2 Å². The molecule has 0 fully saturated rings. The maximum Gasteiger partial charge on any atom is 0.257 e. The molecule has 2 rings (SSSR count). The molecule has 0 atom stereocenters. The molecule has 0 bridgehead atoms. The summed E-state index contributed by atoms with van der Waals surface area (Å²) in [5.74, 6) is -0.351. The lowest BCUT2D eigenvalue weighted by atomic mass is 10.2. The first-order valence-corrected chi connectivity index (χ1v) is 5.80. The Kier molecular flexibility index (Phi) is 3.69. The van der Waals surface area contributed by atoms with E-state index in [-0.39, 0.29) is 5.91 Å². The van der Waals surface area contributed by atoms with Gasteiger partial charge in [-0.1, -0.05) is 23.2 Å². The molecule has 1 aromatic heterocycles. The van der Waals surface area contributed by atoms with Crippen LogP contribution in [0.4, 0.5) is 11.4 Å². The molecule has 0 aliphatic carbocycles. The van der Waals surface area contributed by atoms with Crippen LogP contribution in [0.3, 0.4) is 0 Å². The third kappa shape index (κ3) is 2.91. The summed E-state index contributed by atoms with van der Waals surface area (Å²) in [6, 6.07) is 7.95. The van der Waals surface area contributed by atoms with E-state index in [2.05, 4.69) is 10.3 Å². The second kappa shape index (κ2) is 5.25. The van der Waals surface area contributed by atoms with Gasteiger partial charge in [0.25, 0.3) is 5.91 Å². The van der Waals surface area contributed by atoms with Crippen molar-refractivity contribution in [2.24, 2.45) is 0 Å².